The number of hydrogen-bond donors (Lipinski definition) is 2. The lowest BCUT2D eigenvalue weighted by Gasteiger charge is -1.83. The Morgan fingerprint density at radius 3 is 2.88 bits per heavy atom. The fourth-order valence-electron chi connectivity index (χ4n) is 0.107. The number of nitrogens with zero attached hydrogens (tertiary/aromatic N) is 2. The SMILES string of the molecule is CSN=NC(=O)NN. The van der Waals surface area contributed by atoms with Crippen LogP contribution in [0, 0.1) is 0 Å². The van der Waals surface area contributed by atoms with E-state index in [0.29, 0.717) is 0 Å². The highest BCUT2D eigenvalue weighted by molar-refractivity contribution is 7.97. The van der Waals surface area contributed by atoms with Crippen LogP contribution in [0.25, 0.3) is 0 Å². The standard InChI is InChI=1S/C2H6N4OS/c1-8-6-5-2(7)4-3/h3H2,1H3,(H,4,7). The first kappa shape index (κ1) is 7.38. The summed E-state index contributed by atoms with van der Waals surface area (Å²) in [6.45, 7) is 0. The van der Waals surface area contributed by atoms with Gasteiger partial charge in [-0.05, 0) is 11.9 Å². The maximum atomic E-state index is 10.1. The van der Waals surface area contributed by atoms with Gasteiger partial charge in [0.15, 0.2) is 0 Å². The minimum absolute atomic E-state index is 0.639. The first-order chi connectivity index (χ1) is 3.81. The van der Waals surface area contributed by atoms with E-state index in [4.69, 9.17) is 0 Å². The largest absolute Gasteiger partial charge is 0.374 e. The third-order valence-corrected chi connectivity index (χ3v) is 0.582. The van der Waals surface area contributed by atoms with Crippen molar-refractivity contribution in [3.05, 3.63) is 0 Å². The molecule has 0 heterocycles. The molecule has 0 radical (unpaired) electrons. The summed E-state index contributed by atoms with van der Waals surface area (Å²) in [6, 6.07) is -0.639. The van der Waals surface area contributed by atoms with Gasteiger partial charge in [-0.3, -0.25) is 5.43 Å². The molecule has 0 rings (SSSR count). The summed E-state index contributed by atoms with van der Waals surface area (Å²) in [5.41, 5.74) is 1.79. The van der Waals surface area contributed by atoms with Crippen LogP contribution in [-0.4, -0.2) is 12.3 Å². The lowest BCUT2D eigenvalue weighted by Crippen LogP contribution is -2.26. The molecule has 0 aliphatic heterocycles. The second-order valence-electron chi connectivity index (χ2n) is 0.814. The van der Waals surface area contributed by atoms with Gasteiger partial charge in [-0.1, -0.05) is 5.11 Å². The van der Waals surface area contributed by atoms with E-state index in [1.807, 2.05) is 0 Å². The Bertz CT molecular complexity index is 102. The van der Waals surface area contributed by atoms with E-state index in [2.05, 4.69) is 15.5 Å². The van der Waals surface area contributed by atoms with Crippen LogP contribution in [0.3, 0.4) is 0 Å². The molecule has 0 aromatic rings. The van der Waals surface area contributed by atoms with Crippen molar-refractivity contribution in [3.63, 3.8) is 0 Å². The van der Waals surface area contributed by atoms with Crippen LogP contribution in [0.5, 0.6) is 0 Å². The molecular formula is C2H6N4OS. The molecule has 0 aliphatic carbocycles. The van der Waals surface area contributed by atoms with Crippen molar-refractivity contribution in [1.82, 2.24) is 5.43 Å². The fraction of sp³-hybridized carbons (Fsp3) is 0.500. The molecule has 46 valence electrons. The predicted octanol–water partition coefficient (Wildman–Crippen LogP) is 0.300. The Morgan fingerprint density at radius 1 is 1.88 bits per heavy atom. The monoisotopic (exact) mass is 134 g/mol. The summed E-state index contributed by atoms with van der Waals surface area (Å²) in [4.78, 5) is 10.1. The van der Waals surface area contributed by atoms with Crippen molar-refractivity contribution < 1.29 is 4.79 Å². The Labute approximate surface area is 50.8 Å². The van der Waals surface area contributed by atoms with Crippen LogP contribution in [0.1, 0.15) is 0 Å². The molecule has 0 bridgehead atoms. The summed E-state index contributed by atoms with van der Waals surface area (Å²) in [5.74, 6) is 4.65. The molecule has 6 heteroatoms. The van der Waals surface area contributed by atoms with Gasteiger partial charge in [-0.25, -0.2) is 10.6 Å². The van der Waals surface area contributed by atoms with Gasteiger partial charge in [-0.2, -0.15) is 0 Å². The number of carbonyl (C=O) groups excluding carboxylic acids is 1. The number of nitrogens with one attached hydrogen (secondary N) is 1. The number of nitrogens with two attached hydrogens (primary N) is 1. The highest BCUT2D eigenvalue weighted by atomic mass is 32.2. The number of hydrazine groups is 1. The summed E-state index contributed by atoms with van der Waals surface area (Å²) in [5, 5.41) is 3.07. The number of urea groups is 1. The van der Waals surface area contributed by atoms with Crippen molar-refractivity contribution in [2.45, 2.75) is 0 Å². The smallest absolute Gasteiger partial charge is 0.273 e. The second kappa shape index (κ2) is 4.54. The minimum atomic E-state index is -0.639. The highest BCUT2D eigenvalue weighted by Crippen LogP contribution is 1.92. The molecule has 0 saturated carbocycles. The van der Waals surface area contributed by atoms with Crippen LogP contribution in [0.2, 0.25) is 0 Å². The number of hydrogen-bond acceptors (Lipinski definition) is 4. The van der Waals surface area contributed by atoms with Crippen molar-refractivity contribution in [2.75, 3.05) is 6.26 Å². The van der Waals surface area contributed by atoms with Gasteiger partial charge >= 0.3 is 6.03 Å². The normalized spacial score (nSPS) is 9.75. The van der Waals surface area contributed by atoms with E-state index in [1.54, 1.807) is 11.7 Å². The quantitative estimate of drug-likeness (QED) is 0.178. The third kappa shape index (κ3) is 3.57. The maximum absolute atomic E-state index is 10.1. The van der Waals surface area contributed by atoms with Gasteiger partial charge in [0.2, 0.25) is 0 Å². The first-order valence-corrected chi connectivity index (χ1v) is 2.94. The van der Waals surface area contributed by atoms with E-state index in [1.165, 1.54) is 0 Å². The molecule has 0 unspecified atom stereocenters. The summed E-state index contributed by atoms with van der Waals surface area (Å²) in [7, 11) is 0. The van der Waals surface area contributed by atoms with E-state index in [-0.39, 0.29) is 0 Å². The average molecular weight is 134 g/mol. The average Bonchev–Trinajstić information content (AvgIpc) is 1.83. The number of carbonyl (C=O) groups is 1. The van der Waals surface area contributed by atoms with E-state index in [9.17, 15) is 4.79 Å². The first-order valence-electron chi connectivity index (χ1n) is 1.76. The zero-order chi connectivity index (χ0) is 6.41. The zero-order valence-electron chi connectivity index (χ0n) is 4.29. The molecule has 0 aromatic carbocycles. The predicted molar refractivity (Wildman–Crippen MR) is 31.1 cm³/mol. The van der Waals surface area contributed by atoms with Crippen LogP contribution >= 0.6 is 11.9 Å². The van der Waals surface area contributed by atoms with Crippen molar-refractivity contribution in [3.8, 4) is 0 Å². The van der Waals surface area contributed by atoms with Crippen LogP contribution in [0.15, 0.2) is 9.63 Å². The third-order valence-electron chi connectivity index (χ3n) is 0.337. The molecular weight excluding hydrogens is 128 g/mol. The molecule has 0 aliphatic rings. The van der Waals surface area contributed by atoms with Gasteiger partial charge in [0.25, 0.3) is 0 Å². The summed E-state index contributed by atoms with van der Waals surface area (Å²) in [6.07, 6.45) is 1.69. The zero-order valence-corrected chi connectivity index (χ0v) is 5.10. The molecule has 0 saturated heterocycles. The molecule has 0 atom stereocenters. The van der Waals surface area contributed by atoms with Crippen molar-refractivity contribution in [1.29, 1.82) is 0 Å². The fourth-order valence-corrected chi connectivity index (χ4v) is 0.263. The summed E-state index contributed by atoms with van der Waals surface area (Å²) < 4.78 is 3.29. The maximum Gasteiger partial charge on any atom is 0.374 e. The molecule has 3 N–H and O–H groups in total. The Hall–Kier alpha value is -0.620. The minimum Gasteiger partial charge on any atom is -0.273 e. The second-order valence-corrected chi connectivity index (χ2v) is 1.34. The van der Waals surface area contributed by atoms with Gasteiger partial charge in [0.05, 0.1) is 0 Å². The van der Waals surface area contributed by atoms with Crippen molar-refractivity contribution in [2.24, 2.45) is 15.5 Å². The Kier molecular flexibility index (Phi) is 4.19. The topological polar surface area (TPSA) is 79.8 Å². The van der Waals surface area contributed by atoms with Gasteiger partial charge in [0.1, 0.15) is 0 Å². The summed E-state index contributed by atoms with van der Waals surface area (Å²) >= 11 is 1.09. The molecule has 0 spiro atoms. The lowest BCUT2D eigenvalue weighted by molar-refractivity contribution is 0.248. The van der Waals surface area contributed by atoms with Crippen LogP contribution in [-0.2, 0) is 0 Å². The van der Waals surface area contributed by atoms with E-state index in [0.717, 1.165) is 11.9 Å². The molecule has 8 heavy (non-hydrogen) atoms. The van der Waals surface area contributed by atoms with E-state index >= 15 is 0 Å². The Balaban J connectivity index is 3.37. The van der Waals surface area contributed by atoms with Gasteiger partial charge in [0, 0.05) is 6.26 Å². The molecule has 2 amide bonds. The number of amides is 2. The molecule has 0 fully saturated rings. The van der Waals surface area contributed by atoms with Crippen LogP contribution < -0.4 is 11.3 Å². The van der Waals surface area contributed by atoms with Gasteiger partial charge in [-0.15, -0.1) is 4.52 Å². The lowest BCUT2D eigenvalue weighted by atomic mass is 11.1. The van der Waals surface area contributed by atoms with E-state index < -0.39 is 6.03 Å². The van der Waals surface area contributed by atoms with Gasteiger partial charge < -0.3 is 0 Å². The Morgan fingerprint density at radius 2 is 2.50 bits per heavy atom. The highest BCUT2D eigenvalue weighted by Gasteiger charge is 1.87. The number of rotatable bonds is 1. The molecule has 5 nitrogen and oxygen atoms in total. The van der Waals surface area contributed by atoms with Crippen molar-refractivity contribution >= 4 is 18.0 Å². The molecule has 0 aromatic heterocycles. The van der Waals surface area contributed by atoms with Crippen LogP contribution in [0.4, 0.5) is 4.79 Å².